The molecular formula is C10H8FNO2. The van der Waals surface area contributed by atoms with E-state index in [1.807, 2.05) is 0 Å². The zero-order valence-electron chi connectivity index (χ0n) is 7.37. The van der Waals surface area contributed by atoms with Crippen molar-refractivity contribution in [1.82, 2.24) is 4.90 Å². The molecule has 1 aromatic rings. The second kappa shape index (κ2) is 3.21. The minimum atomic E-state index is -0.703. The maximum absolute atomic E-state index is 12.1. The second-order valence-corrected chi connectivity index (χ2v) is 3.00. The Hall–Kier alpha value is -1.71. The number of carbonyl (C=O) groups is 2. The van der Waals surface area contributed by atoms with Gasteiger partial charge in [0.15, 0.2) is 0 Å². The number of fused-ring (bicyclic) bond motifs is 1. The molecule has 2 rings (SSSR count). The Bertz CT molecular complexity index is 368. The molecule has 0 atom stereocenters. The van der Waals surface area contributed by atoms with Gasteiger partial charge in [-0.25, -0.2) is 4.39 Å². The molecule has 0 unspecified atom stereocenters. The van der Waals surface area contributed by atoms with Crippen molar-refractivity contribution < 1.29 is 14.0 Å². The molecular weight excluding hydrogens is 185 g/mol. The van der Waals surface area contributed by atoms with Gasteiger partial charge in [0.05, 0.1) is 17.7 Å². The van der Waals surface area contributed by atoms with Gasteiger partial charge in [0.1, 0.15) is 6.67 Å². The van der Waals surface area contributed by atoms with Crippen molar-refractivity contribution in [3.05, 3.63) is 35.4 Å². The molecule has 0 fully saturated rings. The number of carbonyl (C=O) groups excluding carboxylic acids is 2. The number of benzene rings is 1. The van der Waals surface area contributed by atoms with Crippen molar-refractivity contribution in [3.8, 4) is 0 Å². The molecule has 72 valence electrons. The molecule has 1 heterocycles. The topological polar surface area (TPSA) is 37.4 Å². The molecule has 1 aliphatic rings. The van der Waals surface area contributed by atoms with Crippen molar-refractivity contribution in [2.24, 2.45) is 0 Å². The minimum Gasteiger partial charge on any atom is -0.272 e. The normalized spacial score (nSPS) is 14.8. The summed E-state index contributed by atoms with van der Waals surface area (Å²) in [6, 6.07) is 6.52. The van der Waals surface area contributed by atoms with Gasteiger partial charge in [0.2, 0.25) is 0 Å². The Morgan fingerprint density at radius 2 is 1.57 bits per heavy atom. The first-order valence-corrected chi connectivity index (χ1v) is 4.27. The standard InChI is InChI=1S/C10H8FNO2/c11-5-6-12-9(13)7-3-1-2-4-8(7)10(12)14/h1-4H,5-6H2. The van der Waals surface area contributed by atoms with Gasteiger partial charge >= 0.3 is 0 Å². The van der Waals surface area contributed by atoms with Gasteiger partial charge in [-0.05, 0) is 12.1 Å². The zero-order chi connectivity index (χ0) is 10.1. The highest BCUT2D eigenvalue weighted by Crippen LogP contribution is 2.21. The average Bonchev–Trinajstić information content (AvgIpc) is 2.45. The number of alkyl halides is 1. The molecule has 2 amide bonds. The van der Waals surface area contributed by atoms with Gasteiger partial charge in [0, 0.05) is 0 Å². The maximum Gasteiger partial charge on any atom is 0.261 e. The summed E-state index contributed by atoms with van der Waals surface area (Å²) in [6.45, 7) is -0.863. The first-order valence-electron chi connectivity index (χ1n) is 4.27. The molecule has 0 aromatic heterocycles. The molecule has 14 heavy (non-hydrogen) atoms. The summed E-state index contributed by atoms with van der Waals surface area (Å²) in [5, 5.41) is 0. The Kier molecular flexibility index (Phi) is 2.04. The maximum atomic E-state index is 12.1. The first kappa shape index (κ1) is 8.87. The van der Waals surface area contributed by atoms with E-state index in [1.165, 1.54) is 0 Å². The van der Waals surface area contributed by atoms with Crippen LogP contribution in [0.5, 0.6) is 0 Å². The Morgan fingerprint density at radius 3 is 2.00 bits per heavy atom. The highest BCUT2D eigenvalue weighted by atomic mass is 19.1. The van der Waals surface area contributed by atoms with Crippen LogP contribution in [0.1, 0.15) is 20.7 Å². The van der Waals surface area contributed by atoms with Gasteiger partial charge in [-0.2, -0.15) is 0 Å². The third-order valence-electron chi connectivity index (χ3n) is 2.19. The van der Waals surface area contributed by atoms with Crippen LogP contribution in [0.3, 0.4) is 0 Å². The molecule has 0 aliphatic carbocycles. The largest absolute Gasteiger partial charge is 0.272 e. The Labute approximate surface area is 80.1 Å². The van der Waals surface area contributed by atoms with Crippen molar-refractivity contribution in [3.63, 3.8) is 0 Å². The lowest BCUT2D eigenvalue weighted by atomic mass is 10.1. The monoisotopic (exact) mass is 193 g/mol. The van der Waals surface area contributed by atoms with Crippen molar-refractivity contribution in [2.45, 2.75) is 0 Å². The summed E-state index contributed by atoms with van der Waals surface area (Å²) in [5.41, 5.74) is 0.733. The van der Waals surface area contributed by atoms with E-state index in [2.05, 4.69) is 0 Å². The molecule has 3 nitrogen and oxygen atoms in total. The molecule has 4 heteroatoms. The van der Waals surface area contributed by atoms with Crippen LogP contribution in [0.4, 0.5) is 4.39 Å². The number of hydrogen-bond acceptors (Lipinski definition) is 2. The summed E-state index contributed by atoms with van der Waals surface area (Å²) in [5.74, 6) is -0.800. The number of nitrogens with zero attached hydrogens (tertiary/aromatic N) is 1. The van der Waals surface area contributed by atoms with Crippen molar-refractivity contribution in [1.29, 1.82) is 0 Å². The summed E-state index contributed by atoms with van der Waals surface area (Å²) in [4.78, 5) is 24.0. The van der Waals surface area contributed by atoms with E-state index in [0.717, 1.165) is 4.90 Å². The fourth-order valence-corrected chi connectivity index (χ4v) is 1.53. The highest BCUT2D eigenvalue weighted by Gasteiger charge is 2.34. The molecule has 0 spiro atoms. The molecule has 0 bridgehead atoms. The highest BCUT2D eigenvalue weighted by molar-refractivity contribution is 6.21. The molecule has 0 radical (unpaired) electrons. The predicted octanol–water partition coefficient (Wildman–Crippen LogP) is 1.25. The van der Waals surface area contributed by atoms with Gasteiger partial charge in [0.25, 0.3) is 11.8 Å². The Balaban J connectivity index is 2.43. The SMILES string of the molecule is O=C1c2ccccc2C(=O)N1CCF. The van der Waals surface area contributed by atoms with Crippen LogP contribution < -0.4 is 0 Å². The van der Waals surface area contributed by atoms with Crippen molar-refractivity contribution in [2.75, 3.05) is 13.2 Å². The fraction of sp³-hybridized carbons (Fsp3) is 0.200. The third kappa shape index (κ3) is 1.11. The van der Waals surface area contributed by atoms with E-state index in [-0.39, 0.29) is 6.54 Å². The van der Waals surface area contributed by atoms with Crippen LogP contribution in [0.25, 0.3) is 0 Å². The zero-order valence-corrected chi connectivity index (χ0v) is 7.37. The van der Waals surface area contributed by atoms with E-state index in [9.17, 15) is 14.0 Å². The lowest BCUT2D eigenvalue weighted by molar-refractivity contribution is 0.0644. The quantitative estimate of drug-likeness (QED) is 0.663. The summed E-state index contributed by atoms with van der Waals surface area (Å²) < 4.78 is 12.1. The molecule has 0 saturated heterocycles. The number of imide groups is 1. The molecule has 0 saturated carbocycles. The van der Waals surface area contributed by atoms with E-state index < -0.39 is 18.5 Å². The second-order valence-electron chi connectivity index (χ2n) is 3.00. The minimum absolute atomic E-state index is 0.160. The third-order valence-corrected chi connectivity index (χ3v) is 2.19. The predicted molar refractivity (Wildman–Crippen MR) is 47.8 cm³/mol. The van der Waals surface area contributed by atoms with Crippen LogP contribution in [0.2, 0.25) is 0 Å². The van der Waals surface area contributed by atoms with Crippen molar-refractivity contribution >= 4 is 11.8 Å². The first-order chi connectivity index (χ1) is 6.75. The van der Waals surface area contributed by atoms with Crippen LogP contribution >= 0.6 is 0 Å². The van der Waals surface area contributed by atoms with Crippen LogP contribution in [-0.4, -0.2) is 29.9 Å². The lowest BCUT2D eigenvalue weighted by Gasteiger charge is -2.09. The summed E-state index contributed by atoms with van der Waals surface area (Å²) in [7, 11) is 0. The summed E-state index contributed by atoms with van der Waals surface area (Å²) in [6.07, 6.45) is 0. The van der Waals surface area contributed by atoms with Gasteiger partial charge < -0.3 is 0 Å². The number of hydrogen-bond donors (Lipinski definition) is 0. The van der Waals surface area contributed by atoms with Crippen LogP contribution in [0, 0.1) is 0 Å². The van der Waals surface area contributed by atoms with Gasteiger partial charge in [-0.3, -0.25) is 14.5 Å². The summed E-state index contributed by atoms with van der Waals surface area (Å²) >= 11 is 0. The van der Waals surface area contributed by atoms with Crippen LogP contribution in [0.15, 0.2) is 24.3 Å². The van der Waals surface area contributed by atoms with Crippen LogP contribution in [-0.2, 0) is 0 Å². The average molecular weight is 193 g/mol. The molecule has 1 aliphatic heterocycles. The van der Waals surface area contributed by atoms with Gasteiger partial charge in [-0.1, -0.05) is 12.1 Å². The number of halogens is 1. The number of rotatable bonds is 2. The molecule has 1 aromatic carbocycles. The van der Waals surface area contributed by atoms with E-state index in [4.69, 9.17) is 0 Å². The molecule has 0 N–H and O–H groups in total. The van der Waals surface area contributed by atoms with E-state index >= 15 is 0 Å². The lowest BCUT2D eigenvalue weighted by Crippen LogP contribution is -2.31. The van der Waals surface area contributed by atoms with E-state index in [0.29, 0.717) is 11.1 Å². The van der Waals surface area contributed by atoms with E-state index in [1.54, 1.807) is 24.3 Å². The van der Waals surface area contributed by atoms with Gasteiger partial charge in [-0.15, -0.1) is 0 Å². The Morgan fingerprint density at radius 1 is 1.07 bits per heavy atom. The number of amides is 2. The fourth-order valence-electron chi connectivity index (χ4n) is 1.53. The smallest absolute Gasteiger partial charge is 0.261 e.